The first-order valence-corrected chi connectivity index (χ1v) is 9.66. The normalized spacial score (nSPS) is 11.2. The molecule has 0 aliphatic carbocycles. The second-order valence-corrected chi connectivity index (χ2v) is 7.93. The molecule has 0 saturated heterocycles. The van der Waals surface area contributed by atoms with Crippen molar-refractivity contribution < 1.29 is 8.42 Å². The highest BCUT2D eigenvalue weighted by atomic mass is 35.5. The Bertz CT molecular complexity index is 1020. The monoisotopic (exact) mass is 388 g/mol. The largest absolute Gasteiger partial charge is 0.339 e. The molecule has 1 aromatic heterocycles. The molecule has 0 amide bonds. The lowest BCUT2D eigenvalue weighted by Gasteiger charge is -2.10. The van der Waals surface area contributed by atoms with Gasteiger partial charge in [0.1, 0.15) is 0 Å². The predicted octanol–water partition coefficient (Wildman–Crippen LogP) is 4.29. The molecule has 26 heavy (non-hydrogen) atoms. The molecule has 0 radical (unpaired) electrons. The van der Waals surface area contributed by atoms with E-state index >= 15 is 0 Å². The molecular formula is C18H17ClN4O2S. The fourth-order valence-corrected chi connectivity index (χ4v) is 3.39. The Morgan fingerprint density at radius 2 is 1.54 bits per heavy atom. The lowest BCUT2D eigenvalue weighted by molar-refractivity contribution is 0.601. The molecule has 0 spiro atoms. The Morgan fingerprint density at radius 3 is 2.19 bits per heavy atom. The average Bonchev–Trinajstić information content (AvgIpc) is 2.60. The van der Waals surface area contributed by atoms with Gasteiger partial charge < -0.3 is 5.32 Å². The summed E-state index contributed by atoms with van der Waals surface area (Å²) in [6, 6.07) is 15.1. The second kappa shape index (κ2) is 7.31. The maximum Gasteiger partial charge on any atom is 0.263 e. The molecule has 0 aliphatic rings. The number of hydrogen-bond acceptors (Lipinski definition) is 5. The van der Waals surface area contributed by atoms with Crippen molar-refractivity contribution in [2.24, 2.45) is 0 Å². The van der Waals surface area contributed by atoms with E-state index in [9.17, 15) is 8.42 Å². The van der Waals surface area contributed by atoms with Gasteiger partial charge >= 0.3 is 0 Å². The van der Waals surface area contributed by atoms with E-state index in [1.807, 2.05) is 32.0 Å². The Morgan fingerprint density at radius 1 is 0.885 bits per heavy atom. The minimum Gasteiger partial charge on any atom is -0.339 e. The third-order valence-electron chi connectivity index (χ3n) is 3.68. The van der Waals surface area contributed by atoms with Crippen molar-refractivity contribution in [3.05, 3.63) is 70.7 Å². The summed E-state index contributed by atoms with van der Waals surface area (Å²) in [6.07, 6.45) is 0. The summed E-state index contributed by atoms with van der Waals surface area (Å²) in [4.78, 5) is 0.0984. The molecule has 0 fully saturated rings. The molecule has 0 bridgehead atoms. The molecule has 3 rings (SSSR count). The van der Waals surface area contributed by atoms with Gasteiger partial charge in [-0.25, -0.2) is 8.42 Å². The van der Waals surface area contributed by atoms with Crippen molar-refractivity contribution in [3.63, 3.8) is 0 Å². The quantitative estimate of drug-likeness (QED) is 0.681. The van der Waals surface area contributed by atoms with Gasteiger partial charge in [-0.1, -0.05) is 23.7 Å². The Balaban J connectivity index is 1.75. The molecule has 3 aromatic rings. The minimum absolute atomic E-state index is 0.0984. The van der Waals surface area contributed by atoms with Crippen LogP contribution in [0.15, 0.2) is 59.5 Å². The zero-order valence-corrected chi connectivity index (χ0v) is 15.8. The number of rotatable bonds is 5. The summed E-state index contributed by atoms with van der Waals surface area (Å²) in [7, 11) is -3.75. The summed E-state index contributed by atoms with van der Waals surface area (Å²) < 4.78 is 27.1. The van der Waals surface area contributed by atoms with Crippen molar-refractivity contribution in [2.75, 3.05) is 10.0 Å². The van der Waals surface area contributed by atoms with E-state index in [4.69, 9.17) is 11.6 Å². The van der Waals surface area contributed by atoms with Crippen LogP contribution in [-0.2, 0) is 10.0 Å². The van der Waals surface area contributed by atoms with Crippen molar-refractivity contribution in [1.82, 2.24) is 10.2 Å². The van der Waals surface area contributed by atoms with Crippen LogP contribution in [0.5, 0.6) is 0 Å². The number of nitrogens with zero attached hydrogens (tertiary/aromatic N) is 2. The number of aromatic nitrogens is 2. The van der Waals surface area contributed by atoms with Gasteiger partial charge in [-0.15, -0.1) is 10.2 Å². The Kier molecular flexibility index (Phi) is 5.11. The standard InChI is InChI=1S/C18H17ClN4O2S/c1-12-3-4-13(2)16(11-12)20-17-9-10-18(22-21-17)23-26(24,25)15-7-5-14(19)6-8-15/h3-11H,1-2H3,(H,20,21)(H,22,23). The fourth-order valence-electron chi connectivity index (χ4n) is 2.27. The lowest BCUT2D eigenvalue weighted by Crippen LogP contribution is -2.14. The topological polar surface area (TPSA) is 84.0 Å². The van der Waals surface area contributed by atoms with Gasteiger partial charge in [0.15, 0.2) is 11.6 Å². The molecule has 0 aliphatic heterocycles. The maximum absolute atomic E-state index is 12.3. The molecule has 1 heterocycles. The third kappa shape index (κ3) is 4.30. The Labute approximate surface area is 157 Å². The van der Waals surface area contributed by atoms with Gasteiger partial charge in [-0.2, -0.15) is 0 Å². The lowest BCUT2D eigenvalue weighted by atomic mass is 10.1. The van der Waals surface area contributed by atoms with E-state index < -0.39 is 10.0 Å². The van der Waals surface area contributed by atoms with Gasteiger partial charge in [-0.05, 0) is 67.4 Å². The van der Waals surface area contributed by atoms with Crippen LogP contribution in [0.3, 0.4) is 0 Å². The van der Waals surface area contributed by atoms with Gasteiger partial charge in [0.05, 0.1) is 4.90 Å². The first-order valence-electron chi connectivity index (χ1n) is 7.80. The summed E-state index contributed by atoms with van der Waals surface area (Å²) in [5.41, 5.74) is 3.12. The third-order valence-corrected chi connectivity index (χ3v) is 5.31. The van der Waals surface area contributed by atoms with E-state index in [0.717, 1.165) is 16.8 Å². The summed E-state index contributed by atoms with van der Waals surface area (Å²) in [6.45, 7) is 3.99. The van der Waals surface area contributed by atoms with Crippen LogP contribution < -0.4 is 10.0 Å². The number of anilines is 3. The molecule has 0 unspecified atom stereocenters. The van der Waals surface area contributed by atoms with Crippen LogP contribution in [0.1, 0.15) is 11.1 Å². The highest BCUT2D eigenvalue weighted by Gasteiger charge is 2.15. The first kappa shape index (κ1) is 18.2. The minimum atomic E-state index is -3.75. The highest BCUT2D eigenvalue weighted by Crippen LogP contribution is 2.21. The fraction of sp³-hybridized carbons (Fsp3) is 0.111. The van der Waals surface area contributed by atoms with Gasteiger partial charge in [-0.3, -0.25) is 4.72 Å². The molecule has 0 atom stereocenters. The molecule has 2 aromatic carbocycles. The SMILES string of the molecule is Cc1ccc(C)c(Nc2ccc(NS(=O)(=O)c3ccc(Cl)cc3)nn2)c1. The van der Waals surface area contributed by atoms with E-state index in [1.165, 1.54) is 24.3 Å². The number of nitrogens with one attached hydrogen (secondary N) is 2. The number of hydrogen-bond donors (Lipinski definition) is 2. The summed E-state index contributed by atoms with van der Waals surface area (Å²) >= 11 is 5.78. The van der Waals surface area contributed by atoms with Crippen LogP contribution in [0.4, 0.5) is 17.3 Å². The summed E-state index contributed by atoms with van der Waals surface area (Å²) in [5.74, 6) is 0.652. The Hall–Kier alpha value is -2.64. The molecule has 134 valence electrons. The molecule has 8 heteroatoms. The molecule has 6 nitrogen and oxygen atoms in total. The molecular weight excluding hydrogens is 372 g/mol. The maximum atomic E-state index is 12.3. The van der Waals surface area contributed by atoms with Crippen LogP contribution in [0.2, 0.25) is 5.02 Å². The highest BCUT2D eigenvalue weighted by molar-refractivity contribution is 7.92. The van der Waals surface area contributed by atoms with Crippen molar-refractivity contribution in [1.29, 1.82) is 0 Å². The van der Waals surface area contributed by atoms with Crippen LogP contribution in [-0.4, -0.2) is 18.6 Å². The smallest absolute Gasteiger partial charge is 0.263 e. The summed E-state index contributed by atoms with van der Waals surface area (Å²) in [5, 5.41) is 11.6. The van der Waals surface area contributed by atoms with Gasteiger partial charge in [0, 0.05) is 10.7 Å². The van der Waals surface area contributed by atoms with Crippen LogP contribution in [0.25, 0.3) is 0 Å². The van der Waals surface area contributed by atoms with Crippen molar-refractivity contribution in [3.8, 4) is 0 Å². The predicted molar refractivity (Wildman–Crippen MR) is 103 cm³/mol. The van der Waals surface area contributed by atoms with E-state index in [0.29, 0.717) is 10.8 Å². The van der Waals surface area contributed by atoms with Crippen LogP contribution >= 0.6 is 11.6 Å². The number of benzene rings is 2. The second-order valence-electron chi connectivity index (χ2n) is 5.81. The van der Waals surface area contributed by atoms with Gasteiger partial charge in [0.25, 0.3) is 10.0 Å². The van der Waals surface area contributed by atoms with Gasteiger partial charge in [0.2, 0.25) is 0 Å². The van der Waals surface area contributed by atoms with Crippen LogP contribution in [0, 0.1) is 13.8 Å². The molecule has 0 saturated carbocycles. The first-order chi connectivity index (χ1) is 12.3. The van der Waals surface area contributed by atoms with E-state index in [1.54, 1.807) is 12.1 Å². The average molecular weight is 389 g/mol. The zero-order chi connectivity index (χ0) is 18.7. The number of sulfonamides is 1. The van der Waals surface area contributed by atoms with Crippen molar-refractivity contribution >= 4 is 38.9 Å². The number of aryl methyl sites for hydroxylation is 2. The van der Waals surface area contributed by atoms with E-state index in [2.05, 4.69) is 20.2 Å². The zero-order valence-electron chi connectivity index (χ0n) is 14.2. The van der Waals surface area contributed by atoms with E-state index in [-0.39, 0.29) is 10.7 Å². The van der Waals surface area contributed by atoms with Crippen molar-refractivity contribution in [2.45, 2.75) is 18.7 Å². The number of halogens is 1. The molecule has 2 N–H and O–H groups in total.